The first-order valence-electron chi connectivity index (χ1n) is 23.4. The Balaban J connectivity index is 3.97. The number of rotatable bonds is 45. The molecule has 4 nitrogen and oxygen atoms in total. The van der Waals surface area contributed by atoms with Crippen LogP contribution in [0, 0.1) is 5.92 Å². The summed E-state index contributed by atoms with van der Waals surface area (Å²) in [5.41, 5.74) is 0. The van der Waals surface area contributed by atoms with Gasteiger partial charge in [0.05, 0.1) is 0 Å². The highest BCUT2D eigenvalue weighted by atomic mass is 32.2. The van der Waals surface area contributed by atoms with Crippen LogP contribution in [0.5, 0.6) is 0 Å². The molecule has 0 aromatic carbocycles. The van der Waals surface area contributed by atoms with E-state index in [1.165, 1.54) is 205 Å². The SMILES string of the molecule is CCCCCCCCCCCCCCCCCCSOP(=O)(O)OC(F)CC(CCCCCCC)CCCCCCCCCCCCCCCCC. The van der Waals surface area contributed by atoms with Crippen LogP contribution in [0.25, 0.3) is 0 Å². The molecule has 0 aromatic heterocycles. The molecule has 314 valence electrons. The van der Waals surface area contributed by atoms with Gasteiger partial charge < -0.3 is 4.89 Å². The van der Waals surface area contributed by atoms with Crippen LogP contribution in [0.4, 0.5) is 4.39 Å². The first kappa shape index (κ1) is 52.4. The summed E-state index contributed by atoms with van der Waals surface area (Å²) in [7, 11) is -4.41. The Hall–Kier alpha value is 0.390. The lowest BCUT2D eigenvalue weighted by Crippen LogP contribution is -2.13. The van der Waals surface area contributed by atoms with E-state index >= 15 is 0 Å². The zero-order valence-electron chi connectivity index (χ0n) is 35.3. The third kappa shape index (κ3) is 41.6. The molecule has 0 fully saturated rings. The van der Waals surface area contributed by atoms with Crippen LogP contribution >= 0.6 is 19.9 Å². The summed E-state index contributed by atoms with van der Waals surface area (Å²) >= 11 is 0.957. The quantitative estimate of drug-likeness (QED) is 0.0379. The maximum Gasteiger partial charge on any atom is 0.485 e. The average molecular weight is 779 g/mol. The number of phosphoric acid groups is 1. The van der Waals surface area contributed by atoms with Crippen LogP contribution in [-0.4, -0.2) is 17.0 Å². The molecule has 0 heterocycles. The Bertz CT molecular complexity index is 729. The van der Waals surface area contributed by atoms with Gasteiger partial charge in [-0.05, 0) is 12.3 Å². The topological polar surface area (TPSA) is 55.8 Å². The first-order valence-corrected chi connectivity index (χ1v) is 25.8. The van der Waals surface area contributed by atoms with Crippen molar-refractivity contribution in [3.8, 4) is 0 Å². The molecule has 0 saturated heterocycles. The van der Waals surface area contributed by atoms with E-state index in [2.05, 4.69) is 20.8 Å². The second kappa shape index (κ2) is 42.5. The van der Waals surface area contributed by atoms with Gasteiger partial charge in [-0.25, -0.2) is 12.9 Å². The Morgan fingerprint density at radius 3 is 1.04 bits per heavy atom. The van der Waals surface area contributed by atoms with Gasteiger partial charge in [-0.2, -0.15) is 0 Å². The van der Waals surface area contributed by atoms with E-state index in [4.69, 9.17) is 8.49 Å². The minimum Gasteiger partial charge on any atom is -0.302 e. The number of phosphoric ester groups is 1. The van der Waals surface area contributed by atoms with Crippen LogP contribution in [0.3, 0.4) is 0 Å². The molecule has 7 heteroatoms. The summed E-state index contributed by atoms with van der Waals surface area (Å²) in [6.45, 7) is 6.78. The summed E-state index contributed by atoms with van der Waals surface area (Å²) in [5, 5.41) is 0. The predicted molar refractivity (Wildman–Crippen MR) is 230 cm³/mol. The van der Waals surface area contributed by atoms with E-state index in [0.29, 0.717) is 5.75 Å². The van der Waals surface area contributed by atoms with Gasteiger partial charge in [-0.3, -0.25) is 4.52 Å². The minimum atomic E-state index is -4.41. The molecule has 1 N–H and O–H groups in total. The van der Waals surface area contributed by atoms with Crippen molar-refractivity contribution in [2.75, 3.05) is 5.75 Å². The van der Waals surface area contributed by atoms with Crippen molar-refractivity contribution < 1.29 is 22.3 Å². The maximum atomic E-state index is 15.0. The zero-order valence-corrected chi connectivity index (χ0v) is 37.1. The Labute approximate surface area is 330 Å². The molecule has 52 heavy (non-hydrogen) atoms. The highest BCUT2D eigenvalue weighted by molar-refractivity contribution is 7.97. The van der Waals surface area contributed by atoms with E-state index in [0.717, 1.165) is 50.6 Å². The number of hydrogen-bond donors (Lipinski definition) is 1. The Morgan fingerprint density at radius 1 is 0.462 bits per heavy atom. The van der Waals surface area contributed by atoms with Gasteiger partial charge in [0.25, 0.3) is 0 Å². The van der Waals surface area contributed by atoms with Gasteiger partial charge in [0.2, 0.25) is 6.36 Å². The number of unbranched alkanes of at least 4 members (excludes halogenated alkanes) is 33. The third-order valence-corrected chi connectivity index (χ3v) is 13.1. The molecule has 0 radical (unpaired) electrons. The molecule has 0 aliphatic carbocycles. The molecule has 0 rings (SSSR count). The van der Waals surface area contributed by atoms with E-state index in [-0.39, 0.29) is 12.3 Å². The highest BCUT2D eigenvalue weighted by Gasteiger charge is 2.29. The lowest BCUT2D eigenvalue weighted by molar-refractivity contribution is 0.0180. The number of halogens is 1. The minimum absolute atomic E-state index is 0.185. The molecule has 0 amide bonds. The largest absolute Gasteiger partial charge is 0.485 e. The third-order valence-electron chi connectivity index (χ3n) is 10.9. The molecular weight excluding hydrogens is 687 g/mol. The van der Waals surface area contributed by atoms with Crippen LogP contribution in [0.1, 0.15) is 271 Å². The van der Waals surface area contributed by atoms with Crippen LogP contribution in [-0.2, 0) is 13.1 Å². The van der Waals surface area contributed by atoms with Crippen LogP contribution in [0.15, 0.2) is 0 Å². The normalized spacial score (nSPS) is 14.2. The van der Waals surface area contributed by atoms with Crippen molar-refractivity contribution in [2.45, 2.75) is 278 Å². The second-order valence-electron chi connectivity index (χ2n) is 16.2. The van der Waals surface area contributed by atoms with E-state index in [1.807, 2.05) is 0 Å². The molecule has 0 aliphatic heterocycles. The summed E-state index contributed by atoms with van der Waals surface area (Å²) in [6, 6.07) is 0. The summed E-state index contributed by atoms with van der Waals surface area (Å²) in [5.74, 6) is 0.819. The van der Waals surface area contributed by atoms with Gasteiger partial charge in [0, 0.05) is 24.2 Å². The molecule has 0 bridgehead atoms. The van der Waals surface area contributed by atoms with Gasteiger partial charge in [0.15, 0.2) is 0 Å². The molecule has 0 saturated carbocycles. The molecule has 0 aromatic rings. The molecule has 0 spiro atoms. The first-order chi connectivity index (χ1) is 25.4. The van der Waals surface area contributed by atoms with E-state index in [9.17, 15) is 13.8 Å². The number of alkyl halides is 1. The summed E-state index contributed by atoms with van der Waals surface area (Å²) in [4.78, 5) is 10.2. The van der Waals surface area contributed by atoms with Gasteiger partial charge in [-0.1, -0.05) is 258 Å². The van der Waals surface area contributed by atoms with Crippen molar-refractivity contribution in [3.05, 3.63) is 0 Å². The van der Waals surface area contributed by atoms with Crippen LogP contribution < -0.4 is 0 Å². The second-order valence-corrected chi connectivity index (χ2v) is 18.6. The van der Waals surface area contributed by atoms with Crippen molar-refractivity contribution in [3.63, 3.8) is 0 Å². The van der Waals surface area contributed by atoms with Crippen molar-refractivity contribution in [2.24, 2.45) is 5.92 Å². The van der Waals surface area contributed by atoms with Crippen molar-refractivity contribution in [1.29, 1.82) is 0 Å². The smallest absolute Gasteiger partial charge is 0.302 e. The Morgan fingerprint density at radius 2 is 0.731 bits per heavy atom. The predicted octanol–water partition coefficient (Wildman–Crippen LogP) is 18.0. The van der Waals surface area contributed by atoms with Crippen molar-refractivity contribution >= 4 is 19.9 Å². The Kier molecular flexibility index (Phi) is 42.8. The average Bonchev–Trinajstić information content (AvgIpc) is 3.12. The standard InChI is InChI=1S/C45H92FO4PS/c1-4-7-10-13-15-17-19-21-23-25-27-29-31-33-36-39-42-52-50-51(47,48)49-45(46)43-44(40-37-34-12-9-6-3)41-38-35-32-30-28-26-24-22-20-18-16-14-11-8-5-2/h44-45H,4-43H2,1-3H3,(H,47,48). The number of hydrogen-bond acceptors (Lipinski definition) is 4. The zero-order chi connectivity index (χ0) is 38.1. The maximum absolute atomic E-state index is 15.0. The fraction of sp³-hybridized carbons (Fsp3) is 1.00. The van der Waals surface area contributed by atoms with Crippen LogP contribution in [0.2, 0.25) is 0 Å². The summed E-state index contributed by atoms with van der Waals surface area (Å²) in [6.07, 6.45) is 47.5. The highest BCUT2D eigenvalue weighted by Crippen LogP contribution is 2.49. The lowest BCUT2D eigenvalue weighted by Gasteiger charge is -2.20. The van der Waals surface area contributed by atoms with Gasteiger partial charge in [-0.15, -0.1) is 0 Å². The van der Waals surface area contributed by atoms with E-state index in [1.54, 1.807) is 0 Å². The van der Waals surface area contributed by atoms with Gasteiger partial charge >= 0.3 is 7.82 Å². The lowest BCUT2D eigenvalue weighted by atomic mass is 9.91. The summed E-state index contributed by atoms with van der Waals surface area (Å²) < 4.78 is 37.5. The molecule has 3 unspecified atom stereocenters. The molecule has 3 atom stereocenters. The van der Waals surface area contributed by atoms with E-state index < -0.39 is 14.2 Å². The van der Waals surface area contributed by atoms with Crippen molar-refractivity contribution in [1.82, 2.24) is 0 Å². The monoisotopic (exact) mass is 779 g/mol. The fourth-order valence-electron chi connectivity index (χ4n) is 7.50. The molecular formula is C45H92FO4PS. The molecule has 0 aliphatic rings. The fourth-order valence-corrected chi connectivity index (χ4v) is 9.17. The van der Waals surface area contributed by atoms with Gasteiger partial charge in [0.1, 0.15) is 0 Å².